The number of hydrogen-bond acceptors (Lipinski definition) is 4. The van der Waals surface area contributed by atoms with E-state index >= 15 is 0 Å². The molecule has 2 amide bonds. The van der Waals surface area contributed by atoms with Gasteiger partial charge in [0.15, 0.2) is 0 Å². The number of halogens is 1. The zero-order valence-electron chi connectivity index (χ0n) is 27.5. The molecule has 1 aromatic heterocycles. The summed E-state index contributed by atoms with van der Waals surface area (Å²) in [5.74, 6) is -0.456. The van der Waals surface area contributed by atoms with Crippen molar-refractivity contribution in [3.63, 3.8) is 0 Å². The highest BCUT2D eigenvalue weighted by atomic mass is 32.2. The number of nitrogens with one attached hydrogen (secondary N) is 2. The monoisotopic (exact) mass is 659 g/mol. The van der Waals surface area contributed by atoms with E-state index in [0.717, 1.165) is 46.6 Å². The second-order valence-corrected chi connectivity index (χ2v) is 13.5. The first kappa shape index (κ1) is 33.0. The number of carbonyl (C=O) groups excluding carboxylic acids is 3. The molecule has 2 N–H and O–H groups in total. The summed E-state index contributed by atoms with van der Waals surface area (Å²) < 4.78 is 16.0. The first-order chi connectivity index (χ1) is 23.2. The van der Waals surface area contributed by atoms with Gasteiger partial charge >= 0.3 is 0 Å². The second kappa shape index (κ2) is 14.0. The summed E-state index contributed by atoms with van der Waals surface area (Å²) in [4.78, 5) is 43.5. The lowest BCUT2D eigenvalue weighted by Crippen LogP contribution is -2.41. The average molecular weight is 660 g/mol. The summed E-state index contributed by atoms with van der Waals surface area (Å²) in [6.45, 7) is 7.46. The smallest absolute Gasteiger partial charge is 0.294 e. The zero-order chi connectivity index (χ0) is 33.9. The number of hydrogen-bond donors (Lipinski definition) is 2. The Morgan fingerprint density at radius 2 is 1.35 bits per heavy atom. The maximum Gasteiger partial charge on any atom is 0.294 e. The van der Waals surface area contributed by atoms with Crippen molar-refractivity contribution < 1.29 is 18.8 Å². The van der Waals surface area contributed by atoms with Crippen LogP contribution in [0.2, 0.25) is 0 Å². The van der Waals surface area contributed by atoms with Gasteiger partial charge in [-0.15, -0.1) is 0 Å². The van der Waals surface area contributed by atoms with E-state index in [0.29, 0.717) is 33.8 Å². The molecule has 6 rings (SSSR count). The molecule has 0 spiro atoms. The second-order valence-electron chi connectivity index (χ2n) is 12.3. The van der Waals surface area contributed by atoms with Gasteiger partial charge in [-0.25, -0.2) is 4.39 Å². The molecule has 1 aliphatic heterocycles. The maximum absolute atomic E-state index is 14.8. The fourth-order valence-electron chi connectivity index (χ4n) is 6.39. The Labute approximate surface area is 284 Å². The molecule has 0 bridgehead atoms. The maximum atomic E-state index is 14.8. The minimum absolute atomic E-state index is 0.105. The van der Waals surface area contributed by atoms with Crippen LogP contribution < -0.4 is 10.6 Å². The standard InChI is InChI=1S/C40H38FN3O3S/c1-24-11-5-8-14-30(24)34-35(39(46)43-29-17-18-32(41)27(4)23-29)36(31-15-9-6-12-25(31)2)44(33-16-10-7-13-26(33)3)37(34)38(45)40(47)42-28-19-21-48-22-20-28/h5-18,23,28H,19-22H2,1-4H3,(H,42,47)(H,43,46). The van der Waals surface area contributed by atoms with Gasteiger partial charge in [0, 0.05) is 28.5 Å². The van der Waals surface area contributed by atoms with Crippen LogP contribution in [0.15, 0.2) is 91.0 Å². The minimum Gasteiger partial charge on any atom is -0.346 e. The lowest BCUT2D eigenvalue weighted by atomic mass is 9.92. The quantitative estimate of drug-likeness (QED) is 0.129. The van der Waals surface area contributed by atoms with E-state index in [-0.39, 0.29) is 23.1 Å². The third-order valence-corrected chi connectivity index (χ3v) is 10.0. The molecule has 0 unspecified atom stereocenters. The highest BCUT2D eigenvalue weighted by molar-refractivity contribution is 7.99. The van der Waals surface area contributed by atoms with E-state index in [2.05, 4.69) is 10.6 Å². The number of rotatable bonds is 8. The molecule has 1 aliphatic rings. The number of thioether (sulfide) groups is 1. The van der Waals surface area contributed by atoms with Crippen LogP contribution in [0, 0.1) is 33.5 Å². The molecule has 0 atom stereocenters. The Kier molecular flexibility index (Phi) is 9.64. The SMILES string of the molecule is Cc1cc(NC(=O)c2c(-c3ccccc3C)c(C(=O)C(=O)NC3CCSCC3)n(-c3ccccc3C)c2-c2ccccc2C)ccc1F. The number of nitrogens with zero attached hydrogens (tertiary/aromatic N) is 1. The van der Waals surface area contributed by atoms with Gasteiger partial charge in [0.1, 0.15) is 11.5 Å². The predicted molar refractivity (Wildman–Crippen MR) is 193 cm³/mol. The lowest BCUT2D eigenvalue weighted by molar-refractivity contribution is -0.117. The Bertz CT molecular complexity index is 2040. The number of ketones is 1. The molecule has 0 aliphatic carbocycles. The van der Waals surface area contributed by atoms with Crippen LogP contribution in [0.1, 0.15) is 55.9 Å². The number of amides is 2. The van der Waals surface area contributed by atoms with Crippen LogP contribution in [-0.4, -0.2) is 39.7 Å². The van der Waals surface area contributed by atoms with Crippen molar-refractivity contribution in [3.8, 4) is 28.1 Å². The highest BCUT2D eigenvalue weighted by Gasteiger charge is 2.37. The van der Waals surface area contributed by atoms with E-state index in [1.165, 1.54) is 12.1 Å². The van der Waals surface area contributed by atoms with E-state index < -0.39 is 17.6 Å². The Morgan fingerprint density at radius 3 is 1.98 bits per heavy atom. The van der Waals surface area contributed by atoms with Gasteiger partial charge in [0.2, 0.25) is 0 Å². The molecule has 2 heterocycles. The number of Topliss-reactive ketones (excluding diaryl/α,β-unsaturated/α-hetero) is 1. The largest absolute Gasteiger partial charge is 0.346 e. The van der Waals surface area contributed by atoms with Gasteiger partial charge in [-0.05, 0) is 104 Å². The molecule has 0 radical (unpaired) electrons. The summed E-state index contributed by atoms with van der Waals surface area (Å²) in [5, 5.41) is 6.01. The van der Waals surface area contributed by atoms with Gasteiger partial charge in [-0.1, -0.05) is 66.7 Å². The normalized spacial score (nSPS) is 13.3. The van der Waals surface area contributed by atoms with Gasteiger partial charge in [0.05, 0.1) is 11.3 Å². The molecular formula is C40H38FN3O3S. The van der Waals surface area contributed by atoms with Crippen molar-refractivity contribution in [3.05, 3.63) is 130 Å². The molecule has 8 heteroatoms. The van der Waals surface area contributed by atoms with Gasteiger partial charge in [0.25, 0.3) is 17.6 Å². The molecule has 6 nitrogen and oxygen atoms in total. The van der Waals surface area contributed by atoms with Crippen LogP contribution >= 0.6 is 11.8 Å². The molecular weight excluding hydrogens is 622 g/mol. The van der Waals surface area contributed by atoms with Crippen molar-refractivity contribution in [1.29, 1.82) is 0 Å². The van der Waals surface area contributed by atoms with Crippen LogP contribution in [0.4, 0.5) is 10.1 Å². The predicted octanol–water partition coefficient (Wildman–Crippen LogP) is 8.63. The fourth-order valence-corrected chi connectivity index (χ4v) is 7.50. The van der Waals surface area contributed by atoms with Crippen LogP contribution in [-0.2, 0) is 4.79 Å². The molecule has 1 fully saturated rings. The molecule has 244 valence electrons. The van der Waals surface area contributed by atoms with Gasteiger partial charge in [-0.3, -0.25) is 14.4 Å². The summed E-state index contributed by atoms with van der Waals surface area (Å²) in [6.07, 6.45) is 1.57. The summed E-state index contributed by atoms with van der Waals surface area (Å²) in [6, 6.07) is 27.2. The van der Waals surface area contributed by atoms with Gasteiger partial charge in [-0.2, -0.15) is 11.8 Å². The molecule has 4 aromatic carbocycles. The molecule has 5 aromatic rings. The highest BCUT2D eigenvalue weighted by Crippen LogP contribution is 2.43. The number of carbonyl (C=O) groups is 3. The van der Waals surface area contributed by atoms with Crippen LogP contribution in [0.25, 0.3) is 28.1 Å². The lowest BCUT2D eigenvalue weighted by Gasteiger charge is -2.23. The Hall–Kier alpha value is -4.95. The first-order valence-electron chi connectivity index (χ1n) is 16.1. The molecule has 0 saturated carbocycles. The van der Waals surface area contributed by atoms with E-state index in [1.807, 2.05) is 105 Å². The number of benzene rings is 4. The topological polar surface area (TPSA) is 80.2 Å². The van der Waals surface area contributed by atoms with E-state index in [1.54, 1.807) is 17.6 Å². The van der Waals surface area contributed by atoms with Crippen LogP contribution in [0.5, 0.6) is 0 Å². The van der Waals surface area contributed by atoms with E-state index in [9.17, 15) is 18.8 Å². The van der Waals surface area contributed by atoms with Crippen molar-refractivity contribution in [2.24, 2.45) is 0 Å². The molecule has 1 saturated heterocycles. The number of anilines is 1. The number of aromatic nitrogens is 1. The summed E-state index contributed by atoms with van der Waals surface area (Å²) in [7, 11) is 0. The van der Waals surface area contributed by atoms with Gasteiger partial charge < -0.3 is 15.2 Å². The minimum atomic E-state index is -0.721. The third-order valence-electron chi connectivity index (χ3n) is 8.96. The fraction of sp³-hybridized carbons (Fsp3) is 0.225. The first-order valence-corrected chi connectivity index (χ1v) is 17.3. The Morgan fingerprint density at radius 1 is 0.750 bits per heavy atom. The average Bonchev–Trinajstić information content (AvgIpc) is 3.42. The number of para-hydroxylation sites is 1. The number of aryl methyl sites for hydroxylation is 4. The Balaban J connectivity index is 1.71. The molecule has 48 heavy (non-hydrogen) atoms. The van der Waals surface area contributed by atoms with Crippen molar-refractivity contribution in [2.45, 2.75) is 46.6 Å². The summed E-state index contributed by atoms with van der Waals surface area (Å²) in [5.41, 5.74) is 6.65. The van der Waals surface area contributed by atoms with Crippen molar-refractivity contribution in [2.75, 3.05) is 16.8 Å². The third kappa shape index (κ3) is 6.45. The van der Waals surface area contributed by atoms with Crippen molar-refractivity contribution in [1.82, 2.24) is 9.88 Å². The zero-order valence-corrected chi connectivity index (χ0v) is 28.3. The summed E-state index contributed by atoms with van der Waals surface area (Å²) >= 11 is 1.84. The van der Waals surface area contributed by atoms with E-state index in [4.69, 9.17) is 0 Å². The van der Waals surface area contributed by atoms with Crippen LogP contribution in [0.3, 0.4) is 0 Å². The van der Waals surface area contributed by atoms with Crippen molar-refractivity contribution >= 4 is 35.0 Å².